The molecule has 0 radical (unpaired) electrons. The molecule has 3 aromatic rings. The summed E-state index contributed by atoms with van der Waals surface area (Å²) < 4.78 is 27.8. The molecule has 0 fully saturated rings. The maximum absolute atomic E-state index is 11.9. The second-order valence-electron chi connectivity index (χ2n) is 7.39. The Hall–Kier alpha value is -2.47. The van der Waals surface area contributed by atoms with E-state index >= 15 is 0 Å². The SMILES string of the molecule is CC(C)OP(=O)(O)OCc1cccc(-c2cccc(OCc3cccc(CO)c3)c2)c1. The maximum Gasteiger partial charge on any atom is 0.472 e. The van der Waals surface area contributed by atoms with Crippen LogP contribution in [0.1, 0.15) is 30.5 Å². The van der Waals surface area contributed by atoms with Crippen LogP contribution in [0.4, 0.5) is 0 Å². The molecule has 6 nitrogen and oxygen atoms in total. The largest absolute Gasteiger partial charge is 0.489 e. The van der Waals surface area contributed by atoms with Gasteiger partial charge in [0, 0.05) is 0 Å². The van der Waals surface area contributed by atoms with Gasteiger partial charge in [-0.1, -0.05) is 54.6 Å². The predicted octanol–water partition coefficient (Wildman–Crippen LogP) is 5.47. The van der Waals surface area contributed by atoms with Gasteiger partial charge in [-0.05, 0) is 59.9 Å². The number of aliphatic hydroxyl groups is 1. The average molecular weight is 442 g/mol. The Morgan fingerprint density at radius 2 is 1.45 bits per heavy atom. The van der Waals surface area contributed by atoms with Crippen LogP contribution in [0.25, 0.3) is 11.1 Å². The van der Waals surface area contributed by atoms with Crippen LogP contribution in [-0.2, 0) is 33.4 Å². The van der Waals surface area contributed by atoms with E-state index in [0.717, 1.165) is 33.6 Å². The molecule has 0 aromatic heterocycles. The molecule has 3 rings (SSSR count). The molecule has 0 aliphatic rings. The van der Waals surface area contributed by atoms with Gasteiger partial charge in [0.15, 0.2) is 0 Å². The monoisotopic (exact) mass is 442 g/mol. The molecule has 31 heavy (non-hydrogen) atoms. The lowest BCUT2D eigenvalue weighted by Crippen LogP contribution is -2.03. The van der Waals surface area contributed by atoms with Crippen molar-refractivity contribution in [3.8, 4) is 16.9 Å². The minimum atomic E-state index is -4.09. The molecular formula is C24H27O6P. The minimum Gasteiger partial charge on any atom is -0.489 e. The molecule has 0 bridgehead atoms. The van der Waals surface area contributed by atoms with Crippen LogP contribution in [0, 0.1) is 0 Å². The van der Waals surface area contributed by atoms with Gasteiger partial charge in [-0.25, -0.2) is 4.57 Å². The number of hydrogen-bond acceptors (Lipinski definition) is 5. The van der Waals surface area contributed by atoms with Gasteiger partial charge < -0.3 is 14.7 Å². The lowest BCUT2D eigenvalue weighted by molar-refractivity contribution is 0.116. The highest BCUT2D eigenvalue weighted by Gasteiger charge is 2.22. The normalized spacial score (nSPS) is 13.2. The Morgan fingerprint density at radius 1 is 0.839 bits per heavy atom. The summed E-state index contributed by atoms with van der Waals surface area (Å²) in [5.41, 5.74) is 4.47. The van der Waals surface area contributed by atoms with Crippen LogP contribution in [-0.4, -0.2) is 16.1 Å². The van der Waals surface area contributed by atoms with E-state index in [0.29, 0.717) is 6.61 Å². The van der Waals surface area contributed by atoms with Gasteiger partial charge in [-0.2, -0.15) is 0 Å². The van der Waals surface area contributed by atoms with Gasteiger partial charge in [0.2, 0.25) is 0 Å². The van der Waals surface area contributed by atoms with Crippen molar-refractivity contribution in [1.29, 1.82) is 0 Å². The number of hydrogen-bond donors (Lipinski definition) is 2. The quantitative estimate of drug-likeness (QED) is 0.405. The first-order valence-electron chi connectivity index (χ1n) is 10.0. The van der Waals surface area contributed by atoms with E-state index in [9.17, 15) is 14.6 Å². The van der Waals surface area contributed by atoms with Crippen LogP contribution in [0.3, 0.4) is 0 Å². The van der Waals surface area contributed by atoms with E-state index < -0.39 is 13.9 Å². The molecule has 0 spiro atoms. The number of rotatable bonds is 10. The molecular weight excluding hydrogens is 415 g/mol. The molecule has 1 atom stereocenters. The summed E-state index contributed by atoms with van der Waals surface area (Å²) >= 11 is 0. The summed E-state index contributed by atoms with van der Waals surface area (Å²) in [5.74, 6) is 0.721. The van der Waals surface area contributed by atoms with Gasteiger partial charge in [-0.3, -0.25) is 9.05 Å². The molecule has 2 N–H and O–H groups in total. The van der Waals surface area contributed by atoms with E-state index in [1.165, 1.54) is 0 Å². The van der Waals surface area contributed by atoms with Crippen molar-refractivity contribution in [2.24, 2.45) is 0 Å². The van der Waals surface area contributed by atoms with Crippen LogP contribution in [0.2, 0.25) is 0 Å². The van der Waals surface area contributed by atoms with Crippen molar-refractivity contribution in [3.05, 3.63) is 89.5 Å². The zero-order valence-corrected chi connectivity index (χ0v) is 18.5. The Kier molecular flexibility index (Phi) is 8.02. The molecule has 0 amide bonds. The standard InChI is InChI=1S/C24H27O6P/c1-18(2)30-31(26,27)29-17-21-8-4-9-22(13-21)23-10-5-11-24(14-23)28-16-20-7-3-6-19(12-20)15-25/h3-14,18,25H,15-17H2,1-2H3,(H,26,27). The summed E-state index contributed by atoms with van der Waals surface area (Å²) in [7, 11) is -4.09. The van der Waals surface area contributed by atoms with Crippen molar-refractivity contribution in [1.82, 2.24) is 0 Å². The van der Waals surface area contributed by atoms with Crippen molar-refractivity contribution in [2.75, 3.05) is 0 Å². The molecule has 7 heteroatoms. The Balaban J connectivity index is 1.67. The first kappa shape index (κ1) is 23.2. The van der Waals surface area contributed by atoms with Gasteiger partial charge in [-0.15, -0.1) is 0 Å². The van der Waals surface area contributed by atoms with Crippen LogP contribution < -0.4 is 4.74 Å². The summed E-state index contributed by atoms with van der Waals surface area (Å²) in [5, 5.41) is 9.27. The zero-order chi connectivity index (χ0) is 22.3. The molecule has 0 saturated carbocycles. The van der Waals surface area contributed by atoms with E-state index in [1.54, 1.807) is 13.8 Å². The number of ether oxygens (including phenoxy) is 1. The van der Waals surface area contributed by atoms with Gasteiger partial charge in [0.05, 0.1) is 19.3 Å². The minimum absolute atomic E-state index is 0.00128. The summed E-state index contributed by atoms with van der Waals surface area (Å²) in [6.07, 6.45) is -0.406. The predicted molar refractivity (Wildman–Crippen MR) is 119 cm³/mol. The fraction of sp³-hybridized carbons (Fsp3) is 0.250. The number of phosphoric acid groups is 1. The molecule has 0 saturated heterocycles. The second kappa shape index (κ2) is 10.7. The van der Waals surface area contributed by atoms with Crippen molar-refractivity contribution >= 4 is 7.82 Å². The van der Waals surface area contributed by atoms with E-state index in [1.807, 2.05) is 72.8 Å². The van der Waals surface area contributed by atoms with Crippen LogP contribution >= 0.6 is 7.82 Å². The highest BCUT2D eigenvalue weighted by molar-refractivity contribution is 7.47. The van der Waals surface area contributed by atoms with Crippen LogP contribution in [0.5, 0.6) is 5.75 Å². The zero-order valence-electron chi connectivity index (χ0n) is 17.6. The van der Waals surface area contributed by atoms with Crippen molar-refractivity contribution in [2.45, 2.75) is 39.8 Å². The number of benzene rings is 3. The Bertz CT molecular complexity index is 1050. The third kappa shape index (κ3) is 7.31. The molecule has 164 valence electrons. The maximum atomic E-state index is 11.9. The highest BCUT2D eigenvalue weighted by atomic mass is 31.2. The molecule has 3 aromatic carbocycles. The lowest BCUT2D eigenvalue weighted by atomic mass is 10.0. The van der Waals surface area contributed by atoms with Gasteiger partial charge in [0.1, 0.15) is 12.4 Å². The highest BCUT2D eigenvalue weighted by Crippen LogP contribution is 2.45. The third-order valence-electron chi connectivity index (χ3n) is 4.41. The Morgan fingerprint density at radius 3 is 2.16 bits per heavy atom. The van der Waals surface area contributed by atoms with E-state index in [2.05, 4.69) is 0 Å². The van der Waals surface area contributed by atoms with E-state index in [4.69, 9.17) is 13.8 Å². The first-order chi connectivity index (χ1) is 14.8. The number of phosphoric ester groups is 1. The molecule has 0 aliphatic heterocycles. The lowest BCUT2D eigenvalue weighted by Gasteiger charge is -2.15. The average Bonchev–Trinajstić information content (AvgIpc) is 2.76. The van der Waals surface area contributed by atoms with Crippen molar-refractivity contribution in [3.63, 3.8) is 0 Å². The molecule has 1 unspecified atom stereocenters. The van der Waals surface area contributed by atoms with Crippen molar-refractivity contribution < 1.29 is 28.3 Å². The first-order valence-corrected chi connectivity index (χ1v) is 11.5. The van der Waals surface area contributed by atoms with E-state index in [-0.39, 0.29) is 13.2 Å². The van der Waals surface area contributed by atoms with Crippen LogP contribution in [0.15, 0.2) is 72.8 Å². The summed E-state index contributed by atoms with van der Waals surface area (Å²) in [6, 6.07) is 22.9. The fourth-order valence-corrected chi connectivity index (χ4v) is 3.95. The smallest absolute Gasteiger partial charge is 0.472 e. The second-order valence-corrected chi connectivity index (χ2v) is 8.80. The number of aliphatic hydroxyl groups excluding tert-OH is 1. The summed E-state index contributed by atoms with van der Waals surface area (Å²) in [6.45, 7) is 3.70. The van der Waals surface area contributed by atoms with Gasteiger partial charge >= 0.3 is 7.82 Å². The molecule has 0 heterocycles. The van der Waals surface area contributed by atoms with Gasteiger partial charge in [0.25, 0.3) is 0 Å². The topological polar surface area (TPSA) is 85.2 Å². The third-order valence-corrected chi connectivity index (χ3v) is 5.56. The fourth-order valence-electron chi connectivity index (χ4n) is 3.04. The molecule has 0 aliphatic carbocycles. The Labute approximate surface area is 182 Å². The summed E-state index contributed by atoms with van der Waals surface area (Å²) in [4.78, 5) is 9.74.